The van der Waals surface area contributed by atoms with Crippen LogP contribution in [-0.2, 0) is 14.3 Å². The quantitative estimate of drug-likeness (QED) is 0.333. The maximum Gasteiger partial charge on any atom is 0.322 e. The molecule has 0 aromatic heterocycles. The highest BCUT2D eigenvalue weighted by Gasteiger charge is 2.15. The van der Waals surface area contributed by atoms with Gasteiger partial charge in [0.25, 0.3) is 0 Å². The summed E-state index contributed by atoms with van der Waals surface area (Å²) >= 11 is 0. The number of carboxylic acid groups (broad SMARTS) is 1. The van der Waals surface area contributed by atoms with E-state index in [0.717, 1.165) is 44.9 Å². The number of aliphatic hydroxyl groups excluding tert-OH is 1. The van der Waals surface area contributed by atoms with E-state index in [0.29, 0.717) is 6.61 Å². The molecule has 0 aromatic rings. The lowest BCUT2D eigenvalue weighted by molar-refractivity contribution is -0.145. The van der Waals surface area contributed by atoms with E-state index in [9.17, 15) is 9.59 Å². The molecule has 6 heteroatoms. The van der Waals surface area contributed by atoms with Crippen molar-refractivity contribution in [3.05, 3.63) is 0 Å². The van der Waals surface area contributed by atoms with E-state index < -0.39 is 18.0 Å². The summed E-state index contributed by atoms with van der Waals surface area (Å²) in [5, 5.41) is 17.1. The Balaban J connectivity index is 3.33. The number of carbonyl (C=O) groups excluding carboxylic acids is 1. The Morgan fingerprint density at radius 3 is 2.00 bits per heavy atom. The van der Waals surface area contributed by atoms with E-state index >= 15 is 0 Å². The van der Waals surface area contributed by atoms with Crippen LogP contribution in [0.1, 0.15) is 64.2 Å². The highest BCUT2D eigenvalue weighted by atomic mass is 16.5. The Bertz CT molecular complexity index is 283. The maximum atomic E-state index is 11.4. The monoisotopic (exact) mass is 303 g/mol. The molecule has 0 bridgehead atoms. The molecule has 1 atom stereocenters. The third-order valence-corrected chi connectivity index (χ3v) is 3.27. The molecule has 0 aliphatic carbocycles. The molecule has 0 amide bonds. The molecule has 0 fully saturated rings. The van der Waals surface area contributed by atoms with Gasteiger partial charge in [-0.1, -0.05) is 38.5 Å². The van der Waals surface area contributed by atoms with Gasteiger partial charge in [-0.3, -0.25) is 9.59 Å². The number of aliphatic carboxylic acids is 1. The minimum absolute atomic E-state index is 0.113. The topological polar surface area (TPSA) is 110 Å². The summed E-state index contributed by atoms with van der Waals surface area (Å²) in [7, 11) is 0. The molecular formula is C15H29NO5. The molecular weight excluding hydrogens is 274 g/mol. The average molecular weight is 303 g/mol. The molecule has 6 nitrogen and oxygen atoms in total. The molecule has 0 saturated carbocycles. The zero-order valence-corrected chi connectivity index (χ0v) is 12.8. The van der Waals surface area contributed by atoms with Gasteiger partial charge in [0, 0.05) is 13.0 Å². The van der Waals surface area contributed by atoms with Crippen molar-refractivity contribution >= 4 is 11.9 Å². The fourth-order valence-corrected chi connectivity index (χ4v) is 1.95. The van der Waals surface area contributed by atoms with Crippen molar-refractivity contribution in [3.63, 3.8) is 0 Å². The van der Waals surface area contributed by atoms with Crippen molar-refractivity contribution in [2.45, 2.75) is 70.3 Å². The SMILES string of the molecule is NC(CCC(=O)O)C(=O)OCCCCCCCCCCO. The normalized spacial score (nSPS) is 12.1. The molecule has 1 unspecified atom stereocenters. The Hall–Kier alpha value is -1.14. The smallest absolute Gasteiger partial charge is 0.322 e. The summed E-state index contributed by atoms with van der Waals surface area (Å²) in [6.07, 6.45) is 8.41. The van der Waals surface area contributed by atoms with Gasteiger partial charge in [0.15, 0.2) is 0 Å². The van der Waals surface area contributed by atoms with E-state index in [4.69, 9.17) is 20.7 Å². The minimum Gasteiger partial charge on any atom is -0.481 e. The third kappa shape index (κ3) is 13.6. The summed E-state index contributed by atoms with van der Waals surface area (Å²) in [4.78, 5) is 21.8. The number of hydrogen-bond donors (Lipinski definition) is 3. The number of esters is 1. The second kappa shape index (κ2) is 13.8. The molecule has 0 aliphatic heterocycles. The number of ether oxygens (including phenoxy) is 1. The van der Waals surface area contributed by atoms with Crippen LogP contribution < -0.4 is 5.73 Å². The average Bonchev–Trinajstić information content (AvgIpc) is 2.46. The van der Waals surface area contributed by atoms with Gasteiger partial charge in [-0.05, 0) is 19.3 Å². The largest absolute Gasteiger partial charge is 0.481 e. The number of aliphatic hydroxyl groups is 1. The molecule has 0 aromatic carbocycles. The van der Waals surface area contributed by atoms with Crippen molar-refractivity contribution in [2.24, 2.45) is 5.73 Å². The lowest BCUT2D eigenvalue weighted by atomic mass is 10.1. The summed E-state index contributed by atoms with van der Waals surface area (Å²) < 4.78 is 5.01. The van der Waals surface area contributed by atoms with Gasteiger partial charge < -0.3 is 20.7 Å². The van der Waals surface area contributed by atoms with E-state index in [1.165, 1.54) is 6.42 Å². The number of carbonyl (C=O) groups is 2. The van der Waals surface area contributed by atoms with Crippen LogP contribution in [0.5, 0.6) is 0 Å². The Kier molecular flexibility index (Phi) is 13.1. The molecule has 4 N–H and O–H groups in total. The molecule has 0 radical (unpaired) electrons. The second-order valence-electron chi connectivity index (χ2n) is 5.26. The fraction of sp³-hybridized carbons (Fsp3) is 0.867. The first-order chi connectivity index (χ1) is 10.1. The van der Waals surface area contributed by atoms with Gasteiger partial charge in [0.05, 0.1) is 6.61 Å². The maximum absolute atomic E-state index is 11.4. The Morgan fingerprint density at radius 2 is 1.48 bits per heavy atom. The van der Waals surface area contributed by atoms with Crippen LogP contribution in [0.2, 0.25) is 0 Å². The van der Waals surface area contributed by atoms with Gasteiger partial charge in [-0.15, -0.1) is 0 Å². The van der Waals surface area contributed by atoms with E-state index in [1.54, 1.807) is 0 Å². The van der Waals surface area contributed by atoms with Crippen molar-refractivity contribution in [1.29, 1.82) is 0 Å². The van der Waals surface area contributed by atoms with Gasteiger partial charge in [0.2, 0.25) is 0 Å². The first-order valence-electron chi connectivity index (χ1n) is 7.82. The van der Waals surface area contributed by atoms with E-state index in [1.807, 2.05) is 0 Å². The molecule has 21 heavy (non-hydrogen) atoms. The van der Waals surface area contributed by atoms with Crippen molar-refractivity contribution in [1.82, 2.24) is 0 Å². The molecule has 0 rings (SSSR count). The molecule has 0 aliphatic rings. The molecule has 124 valence electrons. The van der Waals surface area contributed by atoms with Gasteiger partial charge in [-0.25, -0.2) is 0 Å². The summed E-state index contributed by atoms with van der Waals surface area (Å²) in [6, 6.07) is -0.840. The summed E-state index contributed by atoms with van der Waals surface area (Å²) in [6.45, 7) is 0.629. The zero-order valence-electron chi connectivity index (χ0n) is 12.8. The first kappa shape index (κ1) is 19.9. The Labute approximate surface area is 126 Å². The summed E-state index contributed by atoms with van der Waals surface area (Å²) in [5.74, 6) is -1.47. The highest BCUT2D eigenvalue weighted by Crippen LogP contribution is 2.08. The van der Waals surface area contributed by atoms with Crippen LogP contribution in [0, 0.1) is 0 Å². The summed E-state index contributed by atoms with van der Waals surface area (Å²) in [5.41, 5.74) is 5.53. The second-order valence-corrected chi connectivity index (χ2v) is 5.26. The number of unbranched alkanes of at least 4 members (excludes halogenated alkanes) is 7. The van der Waals surface area contributed by atoms with E-state index in [-0.39, 0.29) is 19.4 Å². The lowest BCUT2D eigenvalue weighted by Gasteiger charge is -2.10. The standard InChI is InChI=1S/C15H29NO5/c16-13(9-10-14(18)19)15(20)21-12-8-6-4-2-1-3-5-7-11-17/h13,17H,1-12,16H2,(H,18,19). The molecule has 0 spiro atoms. The van der Waals surface area contributed by atoms with Crippen LogP contribution in [0.3, 0.4) is 0 Å². The minimum atomic E-state index is -0.961. The highest BCUT2D eigenvalue weighted by molar-refractivity contribution is 5.76. The van der Waals surface area contributed by atoms with Gasteiger partial charge in [0.1, 0.15) is 6.04 Å². The number of hydrogen-bond acceptors (Lipinski definition) is 5. The van der Waals surface area contributed by atoms with Crippen molar-refractivity contribution in [2.75, 3.05) is 13.2 Å². The third-order valence-electron chi connectivity index (χ3n) is 3.27. The van der Waals surface area contributed by atoms with Crippen LogP contribution in [0.25, 0.3) is 0 Å². The van der Waals surface area contributed by atoms with Crippen LogP contribution in [0.15, 0.2) is 0 Å². The van der Waals surface area contributed by atoms with Gasteiger partial charge in [-0.2, -0.15) is 0 Å². The van der Waals surface area contributed by atoms with Crippen LogP contribution >= 0.6 is 0 Å². The van der Waals surface area contributed by atoms with Crippen molar-refractivity contribution in [3.8, 4) is 0 Å². The van der Waals surface area contributed by atoms with Crippen LogP contribution in [-0.4, -0.2) is 41.4 Å². The first-order valence-corrected chi connectivity index (χ1v) is 7.82. The van der Waals surface area contributed by atoms with Crippen molar-refractivity contribution < 1.29 is 24.5 Å². The van der Waals surface area contributed by atoms with Crippen LogP contribution in [0.4, 0.5) is 0 Å². The predicted molar refractivity (Wildman–Crippen MR) is 79.8 cm³/mol. The predicted octanol–water partition coefficient (Wildman–Crippen LogP) is 1.83. The molecule has 0 saturated heterocycles. The number of nitrogens with two attached hydrogens (primary N) is 1. The number of rotatable bonds is 14. The fourth-order valence-electron chi connectivity index (χ4n) is 1.95. The van der Waals surface area contributed by atoms with Gasteiger partial charge >= 0.3 is 11.9 Å². The van der Waals surface area contributed by atoms with E-state index in [2.05, 4.69) is 0 Å². The zero-order chi connectivity index (χ0) is 15.9. The number of carboxylic acids is 1. The molecule has 0 heterocycles. The Morgan fingerprint density at radius 1 is 0.952 bits per heavy atom. The lowest BCUT2D eigenvalue weighted by Crippen LogP contribution is -2.33.